The van der Waals surface area contributed by atoms with E-state index in [2.05, 4.69) is 0 Å². The number of ketones is 1. The van der Waals surface area contributed by atoms with Crippen LogP contribution < -0.4 is 5.73 Å². The summed E-state index contributed by atoms with van der Waals surface area (Å²) in [5.74, 6) is -2.88. The lowest BCUT2D eigenvalue weighted by atomic mass is 9.48. The second kappa shape index (κ2) is 9.87. The minimum absolute atomic E-state index is 0.0580. The molecule has 7 atom stereocenters. The van der Waals surface area contributed by atoms with E-state index < -0.39 is 57.8 Å². The first-order chi connectivity index (χ1) is 17.7. The van der Waals surface area contributed by atoms with Gasteiger partial charge in [-0.15, -0.1) is 0 Å². The van der Waals surface area contributed by atoms with Crippen LogP contribution in [0.3, 0.4) is 0 Å². The molecular formula is C31H41NO6. The lowest BCUT2D eigenvalue weighted by Gasteiger charge is -2.61. The maximum atomic E-state index is 13.2. The normalized spacial score (nSPS) is 37.1. The second-order valence-corrected chi connectivity index (χ2v) is 12.2. The summed E-state index contributed by atoms with van der Waals surface area (Å²) in [6, 6.07) is 8.87. The van der Waals surface area contributed by atoms with E-state index >= 15 is 0 Å². The van der Waals surface area contributed by atoms with Gasteiger partial charge in [0.1, 0.15) is 17.2 Å². The van der Waals surface area contributed by atoms with Crippen LogP contribution >= 0.6 is 0 Å². The molecule has 5 N–H and O–H groups in total. The molecule has 1 aromatic carbocycles. The van der Waals surface area contributed by atoms with Gasteiger partial charge in [-0.05, 0) is 49.3 Å². The molecule has 1 aromatic rings. The number of aliphatic hydroxyl groups excluding tert-OH is 1. The van der Waals surface area contributed by atoms with Gasteiger partial charge in [0.05, 0.1) is 12.2 Å². The highest BCUT2D eigenvalue weighted by atomic mass is 16.6. The topological polar surface area (TPSA) is 130 Å². The molecule has 206 valence electrons. The molecule has 3 aliphatic rings. The van der Waals surface area contributed by atoms with Crippen LogP contribution in [0.15, 0.2) is 59.7 Å². The number of ether oxygens (including phenoxy) is 1. The summed E-state index contributed by atoms with van der Waals surface area (Å²) >= 11 is 0. The van der Waals surface area contributed by atoms with Crippen molar-refractivity contribution in [3.05, 3.63) is 65.3 Å². The van der Waals surface area contributed by atoms with E-state index in [1.54, 1.807) is 19.1 Å². The van der Waals surface area contributed by atoms with Crippen LogP contribution in [0.25, 0.3) is 6.08 Å². The van der Waals surface area contributed by atoms with Crippen LogP contribution in [0.4, 0.5) is 0 Å². The molecule has 0 spiro atoms. The van der Waals surface area contributed by atoms with E-state index in [0.29, 0.717) is 24.0 Å². The first-order valence-electron chi connectivity index (χ1n) is 13.4. The SMILES string of the molecule is CC1=C[C@H]2[C@@]3(O)[C@H](C)C[C@@](C)(OC(=O)[C@@H](N)C/C=C/c4ccccc4)C(C)(C)[C@@H]3C=C(CO)C[C@]2(O)C1=O. The van der Waals surface area contributed by atoms with Crippen molar-refractivity contribution in [2.45, 2.75) is 76.7 Å². The van der Waals surface area contributed by atoms with Gasteiger partial charge in [0.25, 0.3) is 0 Å². The quantitative estimate of drug-likeness (QED) is 0.332. The Hall–Kier alpha value is -2.58. The first kappa shape index (κ1) is 28.4. The van der Waals surface area contributed by atoms with Gasteiger partial charge in [-0.2, -0.15) is 0 Å². The zero-order chi connectivity index (χ0) is 28.1. The number of fused-ring (bicyclic) bond motifs is 3. The summed E-state index contributed by atoms with van der Waals surface area (Å²) < 4.78 is 6.17. The summed E-state index contributed by atoms with van der Waals surface area (Å²) in [5, 5.41) is 34.1. The molecule has 38 heavy (non-hydrogen) atoms. The van der Waals surface area contributed by atoms with Crippen molar-refractivity contribution in [1.29, 1.82) is 0 Å². The molecule has 7 heteroatoms. The van der Waals surface area contributed by atoms with Gasteiger partial charge < -0.3 is 25.8 Å². The Labute approximate surface area is 225 Å². The smallest absolute Gasteiger partial charge is 0.323 e. The number of carbonyl (C=O) groups excluding carboxylic acids is 2. The number of rotatable bonds is 6. The van der Waals surface area contributed by atoms with Crippen molar-refractivity contribution < 1.29 is 29.6 Å². The highest BCUT2D eigenvalue weighted by molar-refractivity contribution is 6.04. The van der Waals surface area contributed by atoms with Crippen LogP contribution in [0.5, 0.6) is 0 Å². The molecule has 0 heterocycles. The first-order valence-corrected chi connectivity index (χ1v) is 13.4. The van der Waals surface area contributed by atoms with Crippen LogP contribution in [0.1, 0.15) is 59.4 Å². The average molecular weight is 524 g/mol. The maximum Gasteiger partial charge on any atom is 0.323 e. The number of hydrogen-bond acceptors (Lipinski definition) is 7. The molecule has 0 aliphatic heterocycles. The van der Waals surface area contributed by atoms with Crippen molar-refractivity contribution in [2.24, 2.45) is 28.9 Å². The van der Waals surface area contributed by atoms with Gasteiger partial charge in [0, 0.05) is 23.7 Å². The largest absolute Gasteiger partial charge is 0.458 e. The molecule has 0 aromatic heterocycles. The number of hydrogen-bond donors (Lipinski definition) is 4. The minimum Gasteiger partial charge on any atom is -0.458 e. The lowest BCUT2D eigenvalue weighted by Crippen LogP contribution is -2.69. The molecule has 1 saturated carbocycles. The Bertz CT molecular complexity index is 1190. The zero-order valence-electron chi connectivity index (χ0n) is 23.0. The fourth-order valence-electron chi connectivity index (χ4n) is 6.95. The number of esters is 1. The van der Waals surface area contributed by atoms with E-state index in [-0.39, 0.29) is 13.0 Å². The average Bonchev–Trinajstić information content (AvgIpc) is 3.02. The molecule has 1 fully saturated rings. The lowest BCUT2D eigenvalue weighted by molar-refractivity contribution is -0.246. The number of carbonyl (C=O) groups is 2. The van der Waals surface area contributed by atoms with Crippen molar-refractivity contribution in [1.82, 2.24) is 0 Å². The van der Waals surface area contributed by atoms with Crippen molar-refractivity contribution in [3.63, 3.8) is 0 Å². The van der Waals surface area contributed by atoms with Gasteiger partial charge in [0.15, 0.2) is 5.78 Å². The molecule has 7 nitrogen and oxygen atoms in total. The highest BCUT2D eigenvalue weighted by Gasteiger charge is 2.69. The van der Waals surface area contributed by atoms with E-state index in [1.807, 2.05) is 70.2 Å². The predicted octanol–water partition coefficient (Wildman–Crippen LogP) is 3.33. The van der Waals surface area contributed by atoms with Crippen LogP contribution in [0, 0.1) is 23.2 Å². The van der Waals surface area contributed by atoms with Gasteiger partial charge in [0.2, 0.25) is 0 Å². The fraction of sp³-hybridized carbons (Fsp3) is 0.548. The second-order valence-electron chi connectivity index (χ2n) is 12.2. The number of benzene rings is 1. The predicted molar refractivity (Wildman–Crippen MR) is 146 cm³/mol. The van der Waals surface area contributed by atoms with Crippen molar-refractivity contribution in [3.8, 4) is 0 Å². The third kappa shape index (κ3) is 4.39. The number of nitrogens with two attached hydrogens (primary N) is 1. The van der Waals surface area contributed by atoms with Crippen molar-refractivity contribution in [2.75, 3.05) is 6.61 Å². The van der Waals surface area contributed by atoms with Gasteiger partial charge >= 0.3 is 5.97 Å². The van der Waals surface area contributed by atoms with E-state index in [0.717, 1.165) is 5.56 Å². The molecular weight excluding hydrogens is 482 g/mol. The summed E-state index contributed by atoms with van der Waals surface area (Å²) in [4.78, 5) is 26.3. The number of aliphatic hydroxyl groups is 3. The number of Topliss-reactive ketones (excluding diaryl/α,β-unsaturated/α-hetero) is 1. The highest BCUT2D eigenvalue weighted by Crippen LogP contribution is 2.63. The Balaban J connectivity index is 1.63. The molecule has 0 radical (unpaired) electrons. The Morgan fingerprint density at radius 2 is 1.82 bits per heavy atom. The van der Waals surface area contributed by atoms with E-state index in [1.165, 1.54) is 0 Å². The molecule has 3 aliphatic carbocycles. The maximum absolute atomic E-state index is 13.2. The minimum atomic E-state index is -1.83. The van der Waals surface area contributed by atoms with Crippen molar-refractivity contribution >= 4 is 17.8 Å². The molecule has 4 rings (SSSR count). The summed E-state index contributed by atoms with van der Waals surface area (Å²) in [6.07, 6.45) is 7.79. The van der Waals surface area contributed by atoms with Gasteiger partial charge in [-0.1, -0.05) is 75.4 Å². The zero-order valence-corrected chi connectivity index (χ0v) is 23.0. The van der Waals surface area contributed by atoms with Crippen LogP contribution in [-0.4, -0.2) is 56.5 Å². The third-order valence-electron chi connectivity index (χ3n) is 9.54. The third-order valence-corrected chi connectivity index (χ3v) is 9.54. The Morgan fingerprint density at radius 1 is 1.16 bits per heavy atom. The monoisotopic (exact) mass is 523 g/mol. The molecule has 0 bridgehead atoms. The van der Waals surface area contributed by atoms with Crippen LogP contribution in [-0.2, 0) is 14.3 Å². The van der Waals surface area contributed by atoms with Gasteiger partial charge in [-0.25, -0.2) is 0 Å². The standard InChI is InChI=1S/C31H41NO6/c1-19-14-25-30(36,26(19)34)17-22(18-33)15-24-28(3,4)29(5,16-20(2)31(24,25)37)38-27(35)23(32)13-9-12-21-10-7-6-8-11-21/h6-12,14-15,20,23-25,33,36-37H,13,16-18,32H2,1-5H3/b12-9+/t20-,23+,24+,25-,29-,30-,31-/m1/s1. The Morgan fingerprint density at radius 3 is 2.45 bits per heavy atom. The van der Waals surface area contributed by atoms with E-state index in [9.17, 15) is 24.9 Å². The summed E-state index contributed by atoms with van der Waals surface area (Å²) in [5.41, 5.74) is 2.95. The molecule has 0 amide bonds. The molecule has 0 saturated heterocycles. The van der Waals surface area contributed by atoms with Gasteiger partial charge in [-0.3, -0.25) is 9.59 Å². The molecule has 0 unspecified atom stereocenters. The summed E-state index contributed by atoms with van der Waals surface area (Å²) in [7, 11) is 0. The van der Waals surface area contributed by atoms with Crippen LogP contribution in [0.2, 0.25) is 0 Å². The van der Waals surface area contributed by atoms with E-state index in [4.69, 9.17) is 10.5 Å². The summed E-state index contributed by atoms with van der Waals surface area (Å²) in [6.45, 7) is 8.86. The fourth-order valence-corrected chi connectivity index (χ4v) is 6.95. The Kier molecular flexibility index (Phi) is 7.38.